The van der Waals surface area contributed by atoms with Gasteiger partial charge in [0.2, 0.25) is 0 Å². The van der Waals surface area contributed by atoms with Crippen molar-refractivity contribution in [1.29, 1.82) is 5.26 Å². The number of pyridine rings is 1. The number of amides is 2. The zero-order valence-corrected chi connectivity index (χ0v) is 15.3. The van der Waals surface area contributed by atoms with Crippen LogP contribution in [0.15, 0.2) is 73.1 Å². The summed E-state index contributed by atoms with van der Waals surface area (Å²) in [6, 6.07) is 19.5. The molecule has 0 saturated heterocycles. The summed E-state index contributed by atoms with van der Waals surface area (Å²) in [5.74, 6) is -0.637. The number of carbonyl (C=O) groups is 2. The van der Waals surface area contributed by atoms with Crippen molar-refractivity contribution in [2.45, 2.75) is 6.92 Å². The van der Waals surface area contributed by atoms with Gasteiger partial charge in [0, 0.05) is 30.3 Å². The number of benzene rings is 2. The fraction of sp³-hybridized carbons (Fsp3) is 0.0909. The summed E-state index contributed by atoms with van der Waals surface area (Å²) < 4.78 is 0. The van der Waals surface area contributed by atoms with E-state index in [0.717, 1.165) is 5.69 Å². The minimum absolute atomic E-state index is 0.234. The van der Waals surface area contributed by atoms with E-state index in [2.05, 4.69) is 10.3 Å². The van der Waals surface area contributed by atoms with E-state index < -0.39 is 5.91 Å². The molecule has 0 bridgehead atoms. The highest BCUT2D eigenvalue weighted by molar-refractivity contribution is 6.09. The Bertz CT molecular complexity index is 1040. The number of para-hydroxylation sites is 1. The van der Waals surface area contributed by atoms with Crippen LogP contribution in [-0.2, 0) is 0 Å². The van der Waals surface area contributed by atoms with Gasteiger partial charge in [0.05, 0.1) is 22.8 Å². The molecule has 1 aromatic heterocycles. The molecule has 0 aliphatic rings. The normalized spacial score (nSPS) is 10.0. The summed E-state index contributed by atoms with van der Waals surface area (Å²) in [5.41, 5.74) is 2.31. The molecule has 0 fully saturated rings. The maximum absolute atomic E-state index is 12.9. The lowest BCUT2D eigenvalue weighted by Gasteiger charge is -2.21. The molecule has 0 unspecified atom stereocenters. The van der Waals surface area contributed by atoms with Crippen LogP contribution in [0.3, 0.4) is 0 Å². The Labute approximate surface area is 163 Å². The Morgan fingerprint density at radius 3 is 2.50 bits per heavy atom. The smallest absolute Gasteiger partial charge is 0.259 e. The van der Waals surface area contributed by atoms with Crippen LogP contribution in [0.5, 0.6) is 0 Å². The van der Waals surface area contributed by atoms with Gasteiger partial charge < -0.3 is 10.2 Å². The van der Waals surface area contributed by atoms with Crippen molar-refractivity contribution >= 4 is 23.2 Å². The van der Waals surface area contributed by atoms with Gasteiger partial charge >= 0.3 is 0 Å². The van der Waals surface area contributed by atoms with Crippen LogP contribution in [0.25, 0.3) is 0 Å². The maximum atomic E-state index is 12.9. The van der Waals surface area contributed by atoms with Gasteiger partial charge in [-0.05, 0) is 43.3 Å². The van der Waals surface area contributed by atoms with Crippen LogP contribution in [-0.4, -0.2) is 23.3 Å². The molecule has 3 aromatic rings. The predicted molar refractivity (Wildman–Crippen MR) is 107 cm³/mol. The molecule has 28 heavy (non-hydrogen) atoms. The SMILES string of the molecule is CCN(C(=O)c1cncc(C(=O)Nc2cccc(C#N)c2)c1)c1ccccc1. The number of rotatable bonds is 5. The van der Waals surface area contributed by atoms with Crippen LogP contribution >= 0.6 is 0 Å². The number of carbonyl (C=O) groups excluding carboxylic acids is 2. The number of nitrogens with zero attached hydrogens (tertiary/aromatic N) is 3. The second kappa shape index (κ2) is 8.60. The maximum Gasteiger partial charge on any atom is 0.259 e. The zero-order chi connectivity index (χ0) is 19.9. The standard InChI is InChI=1S/C22H18N4O2/c1-2-26(20-9-4-3-5-10-20)22(28)18-12-17(14-24-15-18)21(27)25-19-8-6-7-16(11-19)13-23/h3-12,14-15H,2H2,1H3,(H,25,27). The van der Waals surface area contributed by atoms with Crippen molar-refractivity contribution in [3.8, 4) is 6.07 Å². The van der Waals surface area contributed by atoms with E-state index in [0.29, 0.717) is 23.4 Å². The first kappa shape index (κ1) is 18.8. The highest BCUT2D eigenvalue weighted by Crippen LogP contribution is 2.17. The quantitative estimate of drug-likeness (QED) is 0.739. The lowest BCUT2D eigenvalue weighted by molar-refractivity contribution is 0.0988. The fourth-order valence-corrected chi connectivity index (χ4v) is 2.76. The zero-order valence-electron chi connectivity index (χ0n) is 15.3. The molecule has 138 valence electrons. The van der Waals surface area contributed by atoms with E-state index in [4.69, 9.17) is 5.26 Å². The summed E-state index contributed by atoms with van der Waals surface area (Å²) in [4.78, 5) is 31.1. The Morgan fingerprint density at radius 2 is 1.79 bits per heavy atom. The number of nitrogens with one attached hydrogen (secondary N) is 1. The summed E-state index contributed by atoms with van der Waals surface area (Å²) in [7, 11) is 0. The number of hydrogen-bond acceptors (Lipinski definition) is 4. The number of anilines is 2. The van der Waals surface area contributed by atoms with Gasteiger partial charge in [0.15, 0.2) is 0 Å². The molecule has 0 aliphatic carbocycles. The summed E-state index contributed by atoms with van der Waals surface area (Å²) in [6.07, 6.45) is 2.85. The molecule has 0 spiro atoms. The molecule has 1 heterocycles. The third kappa shape index (κ3) is 4.22. The third-order valence-corrected chi connectivity index (χ3v) is 4.13. The van der Waals surface area contributed by atoms with E-state index in [-0.39, 0.29) is 11.5 Å². The molecule has 6 heteroatoms. The summed E-state index contributed by atoms with van der Waals surface area (Å²) in [5, 5.41) is 11.7. The Hall–Kier alpha value is -3.98. The Kier molecular flexibility index (Phi) is 5.78. The topological polar surface area (TPSA) is 86.1 Å². The lowest BCUT2D eigenvalue weighted by atomic mass is 10.1. The first-order valence-corrected chi connectivity index (χ1v) is 8.76. The number of nitriles is 1. The molecule has 1 N–H and O–H groups in total. The van der Waals surface area contributed by atoms with Gasteiger partial charge in [-0.3, -0.25) is 14.6 Å². The molecule has 0 radical (unpaired) electrons. The summed E-state index contributed by atoms with van der Waals surface area (Å²) >= 11 is 0. The van der Waals surface area contributed by atoms with E-state index >= 15 is 0 Å². The lowest BCUT2D eigenvalue weighted by Crippen LogP contribution is -2.31. The van der Waals surface area contributed by atoms with Gasteiger partial charge in [0.25, 0.3) is 11.8 Å². The second-order valence-electron chi connectivity index (χ2n) is 5.99. The fourth-order valence-electron chi connectivity index (χ4n) is 2.76. The second-order valence-corrected chi connectivity index (χ2v) is 5.99. The number of aromatic nitrogens is 1. The highest BCUT2D eigenvalue weighted by atomic mass is 16.2. The van der Waals surface area contributed by atoms with Crippen molar-refractivity contribution in [3.05, 3.63) is 89.7 Å². The molecular weight excluding hydrogens is 352 g/mol. The summed E-state index contributed by atoms with van der Waals surface area (Å²) in [6.45, 7) is 2.37. The minimum atomic E-state index is -0.403. The molecule has 0 atom stereocenters. The molecule has 0 aliphatic heterocycles. The van der Waals surface area contributed by atoms with Crippen molar-refractivity contribution in [1.82, 2.24) is 4.98 Å². The van der Waals surface area contributed by atoms with Gasteiger partial charge in [-0.15, -0.1) is 0 Å². The monoisotopic (exact) mass is 370 g/mol. The molecular formula is C22H18N4O2. The van der Waals surface area contributed by atoms with E-state index in [9.17, 15) is 9.59 Å². The van der Waals surface area contributed by atoms with Crippen molar-refractivity contribution < 1.29 is 9.59 Å². The molecule has 0 saturated carbocycles. The van der Waals surface area contributed by atoms with Crippen LogP contribution in [0.4, 0.5) is 11.4 Å². The highest BCUT2D eigenvalue weighted by Gasteiger charge is 2.18. The average molecular weight is 370 g/mol. The van der Waals surface area contributed by atoms with Crippen LogP contribution < -0.4 is 10.2 Å². The molecule has 6 nitrogen and oxygen atoms in total. The molecule has 2 amide bonds. The predicted octanol–water partition coefficient (Wildman–Crippen LogP) is 3.87. The van der Waals surface area contributed by atoms with E-state index in [1.54, 1.807) is 29.2 Å². The minimum Gasteiger partial charge on any atom is -0.322 e. The van der Waals surface area contributed by atoms with Crippen molar-refractivity contribution in [2.75, 3.05) is 16.8 Å². The first-order valence-electron chi connectivity index (χ1n) is 8.76. The first-order chi connectivity index (χ1) is 13.6. The molecule has 3 rings (SSSR count). The third-order valence-electron chi connectivity index (χ3n) is 4.13. The molecule has 2 aromatic carbocycles. The Morgan fingerprint density at radius 1 is 1.04 bits per heavy atom. The largest absolute Gasteiger partial charge is 0.322 e. The van der Waals surface area contributed by atoms with E-state index in [1.807, 2.05) is 43.3 Å². The average Bonchev–Trinajstić information content (AvgIpc) is 2.75. The number of hydrogen-bond donors (Lipinski definition) is 1. The van der Waals surface area contributed by atoms with Crippen LogP contribution in [0.1, 0.15) is 33.2 Å². The van der Waals surface area contributed by atoms with Gasteiger partial charge in [-0.1, -0.05) is 24.3 Å². The van der Waals surface area contributed by atoms with Gasteiger partial charge in [-0.2, -0.15) is 5.26 Å². The van der Waals surface area contributed by atoms with Gasteiger partial charge in [-0.25, -0.2) is 0 Å². The Balaban J connectivity index is 1.82. The van der Waals surface area contributed by atoms with Crippen LogP contribution in [0, 0.1) is 11.3 Å². The van der Waals surface area contributed by atoms with E-state index in [1.165, 1.54) is 18.5 Å². The van der Waals surface area contributed by atoms with Gasteiger partial charge in [0.1, 0.15) is 0 Å². The van der Waals surface area contributed by atoms with Crippen molar-refractivity contribution in [2.24, 2.45) is 0 Å². The van der Waals surface area contributed by atoms with Crippen LogP contribution in [0.2, 0.25) is 0 Å². The van der Waals surface area contributed by atoms with Crippen molar-refractivity contribution in [3.63, 3.8) is 0 Å².